The largest absolute Gasteiger partial charge is 0.343 e. The number of amides is 2. The number of nitrogens with one attached hydrogen (secondary N) is 1. The summed E-state index contributed by atoms with van der Waals surface area (Å²) in [7, 11) is 1.84. The van der Waals surface area contributed by atoms with Crippen LogP contribution in [-0.2, 0) is 9.59 Å². The van der Waals surface area contributed by atoms with Crippen LogP contribution in [0.3, 0.4) is 0 Å². The van der Waals surface area contributed by atoms with E-state index < -0.39 is 6.04 Å². The molecule has 1 unspecified atom stereocenters. The van der Waals surface area contributed by atoms with E-state index in [4.69, 9.17) is 23.2 Å². The van der Waals surface area contributed by atoms with Crippen molar-refractivity contribution in [3.05, 3.63) is 64.1 Å². The predicted octanol–water partition coefficient (Wildman–Crippen LogP) is 4.62. The highest BCUT2D eigenvalue weighted by molar-refractivity contribution is 6.35. The summed E-state index contributed by atoms with van der Waals surface area (Å²) in [5.41, 5.74) is 1.50. The topological polar surface area (TPSA) is 52.7 Å². The highest BCUT2D eigenvalue weighted by Gasteiger charge is 2.32. The van der Waals surface area contributed by atoms with Crippen LogP contribution in [0.2, 0.25) is 10.0 Å². The van der Waals surface area contributed by atoms with E-state index in [2.05, 4.69) is 10.2 Å². The number of carbonyl (C=O) groups excluding carboxylic acids is 2. The van der Waals surface area contributed by atoms with Crippen molar-refractivity contribution < 1.29 is 9.59 Å². The number of carbonyl (C=O) groups is 2. The fraction of sp³-hybridized carbons (Fsp3) is 0.364. The first-order valence-corrected chi connectivity index (χ1v) is 10.4. The number of rotatable bonds is 5. The van der Waals surface area contributed by atoms with Gasteiger partial charge in [0.15, 0.2) is 0 Å². The molecule has 1 saturated heterocycles. The molecule has 1 fully saturated rings. The van der Waals surface area contributed by atoms with Gasteiger partial charge in [-0.05, 0) is 36.6 Å². The Kier molecular flexibility index (Phi) is 7.17. The van der Waals surface area contributed by atoms with E-state index in [1.165, 1.54) is 0 Å². The second-order valence-corrected chi connectivity index (χ2v) is 8.23. The fourth-order valence-corrected chi connectivity index (χ4v) is 4.31. The van der Waals surface area contributed by atoms with Crippen LogP contribution in [0.4, 0.5) is 5.69 Å². The minimum atomic E-state index is -0.433. The van der Waals surface area contributed by atoms with Crippen molar-refractivity contribution in [3.63, 3.8) is 0 Å². The zero-order valence-electron chi connectivity index (χ0n) is 16.6. The third-order valence-corrected chi connectivity index (χ3v) is 5.84. The zero-order chi connectivity index (χ0) is 21.0. The van der Waals surface area contributed by atoms with Crippen LogP contribution in [0.1, 0.15) is 31.4 Å². The lowest BCUT2D eigenvalue weighted by atomic mass is 9.97. The maximum absolute atomic E-state index is 13.3. The molecule has 3 rings (SSSR count). The Morgan fingerprint density at radius 1 is 1.07 bits per heavy atom. The molecule has 0 aromatic heterocycles. The molecular weight excluding hydrogens is 409 g/mol. The van der Waals surface area contributed by atoms with Crippen LogP contribution in [0, 0.1) is 0 Å². The van der Waals surface area contributed by atoms with E-state index in [-0.39, 0.29) is 17.9 Å². The van der Waals surface area contributed by atoms with Crippen molar-refractivity contribution >= 4 is 40.7 Å². The normalized spacial score (nSPS) is 16.3. The number of likely N-dealkylation sites (tertiary alicyclic amines) is 1. The Morgan fingerprint density at radius 3 is 2.21 bits per heavy atom. The number of benzene rings is 2. The SMILES string of the molecule is CC(=O)N(C)C1CCN(C(C(=O)Nc2cc(Cl)cc(Cl)c2)c2ccccc2)CC1. The average Bonchev–Trinajstić information content (AvgIpc) is 2.68. The van der Waals surface area contributed by atoms with Crippen molar-refractivity contribution in [3.8, 4) is 0 Å². The van der Waals surface area contributed by atoms with E-state index in [1.807, 2.05) is 37.4 Å². The van der Waals surface area contributed by atoms with Gasteiger partial charge in [-0.15, -0.1) is 0 Å². The van der Waals surface area contributed by atoms with Crippen LogP contribution in [0.5, 0.6) is 0 Å². The van der Waals surface area contributed by atoms with Gasteiger partial charge in [0.1, 0.15) is 6.04 Å². The van der Waals surface area contributed by atoms with Crippen molar-refractivity contribution in [1.82, 2.24) is 9.80 Å². The molecular formula is C22H25Cl2N3O2. The summed E-state index contributed by atoms with van der Waals surface area (Å²) in [5.74, 6) is -0.0634. The zero-order valence-corrected chi connectivity index (χ0v) is 18.1. The van der Waals surface area contributed by atoms with E-state index >= 15 is 0 Å². The maximum Gasteiger partial charge on any atom is 0.246 e. The first-order valence-electron chi connectivity index (χ1n) is 9.64. The Labute approximate surface area is 181 Å². The highest BCUT2D eigenvalue weighted by Crippen LogP contribution is 2.29. The van der Waals surface area contributed by atoms with Gasteiger partial charge in [0, 0.05) is 48.8 Å². The summed E-state index contributed by atoms with van der Waals surface area (Å²) < 4.78 is 0. The van der Waals surface area contributed by atoms with Crippen molar-refractivity contribution in [2.75, 3.05) is 25.5 Å². The smallest absolute Gasteiger partial charge is 0.246 e. The molecule has 1 aliphatic rings. The summed E-state index contributed by atoms with van der Waals surface area (Å²) in [5, 5.41) is 3.90. The second-order valence-electron chi connectivity index (χ2n) is 7.36. The van der Waals surface area contributed by atoms with E-state index in [1.54, 1.807) is 30.0 Å². The van der Waals surface area contributed by atoms with Gasteiger partial charge in [-0.3, -0.25) is 14.5 Å². The molecule has 0 spiro atoms. The average molecular weight is 434 g/mol. The van der Waals surface area contributed by atoms with Crippen LogP contribution >= 0.6 is 23.2 Å². The van der Waals surface area contributed by atoms with Gasteiger partial charge < -0.3 is 10.2 Å². The molecule has 29 heavy (non-hydrogen) atoms. The van der Waals surface area contributed by atoms with Crippen molar-refractivity contribution in [2.24, 2.45) is 0 Å². The molecule has 1 aliphatic heterocycles. The van der Waals surface area contributed by atoms with Crippen LogP contribution < -0.4 is 5.32 Å². The lowest BCUT2D eigenvalue weighted by molar-refractivity contribution is -0.131. The lowest BCUT2D eigenvalue weighted by Gasteiger charge is -2.39. The predicted molar refractivity (Wildman–Crippen MR) is 117 cm³/mol. The molecule has 1 N–H and O–H groups in total. The number of nitrogens with zero attached hydrogens (tertiary/aromatic N) is 2. The Bertz CT molecular complexity index is 847. The number of halogens is 2. The summed E-state index contributed by atoms with van der Waals surface area (Å²) in [6, 6.07) is 14.5. The Hall–Kier alpha value is -2.08. The molecule has 5 nitrogen and oxygen atoms in total. The van der Waals surface area contributed by atoms with Gasteiger partial charge in [-0.2, -0.15) is 0 Å². The fourth-order valence-electron chi connectivity index (χ4n) is 3.79. The van der Waals surface area contributed by atoms with E-state index in [0.717, 1.165) is 31.5 Å². The van der Waals surface area contributed by atoms with Crippen LogP contribution in [0.25, 0.3) is 0 Å². The third kappa shape index (κ3) is 5.50. The van der Waals surface area contributed by atoms with Crippen molar-refractivity contribution in [2.45, 2.75) is 31.8 Å². The number of piperidine rings is 1. The monoisotopic (exact) mass is 433 g/mol. The Balaban J connectivity index is 1.79. The summed E-state index contributed by atoms with van der Waals surface area (Å²) >= 11 is 12.1. The van der Waals surface area contributed by atoms with Gasteiger partial charge in [-0.1, -0.05) is 53.5 Å². The van der Waals surface area contributed by atoms with Crippen LogP contribution in [0.15, 0.2) is 48.5 Å². The molecule has 0 radical (unpaired) electrons. The number of anilines is 1. The second kappa shape index (κ2) is 9.61. The third-order valence-electron chi connectivity index (χ3n) is 5.40. The molecule has 2 aromatic carbocycles. The quantitative estimate of drug-likeness (QED) is 0.748. The first-order chi connectivity index (χ1) is 13.8. The molecule has 1 atom stereocenters. The van der Waals surface area contributed by atoms with E-state index in [9.17, 15) is 9.59 Å². The molecule has 1 heterocycles. The van der Waals surface area contributed by atoms with Gasteiger partial charge in [-0.25, -0.2) is 0 Å². The van der Waals surface area contributed by atoms with Gasteiger partial charge in [0.2, 0.25) is 11.8 Å². The molecule has 0 aliphatic carbocycles. The maximum atomic E-state index is 13.3. The summed E-state index contributed by atoms with van der Waals surface area (Å²) in [6.45, 7) is 3.04. The molecule has 7 heteroatoms. The molecule has 154 valence electrons. The van der Waals surface area contributed by atoms with Crippen molar-refractivity contribution in [1.29, 1.82) is 0 Å². The molecule has 0 bridgehead atoms. The standard InChI is InChI=1S/C22H25Cl2N3O2/c1-15(28)26(2)20-8-10-27(11-9-20)21(16-6-4-3-5-7-16)22(29)25-19-13-17(23)12-18(24)14-19/h3-7,12-14,20-21H,8-11H2,1-2H3,(H,25,29). The van der Waals surface area contributed by atoms with Gasteiger partial charge in [0.05, 0.1) is 0 Å². The Morgan fingerprint density at radius 2 is 1.66 bits per heavy atom. The first kappa shape index (κ1) is 21.6. The van der Waals surface area contributed by atoms with E-state index in [0.29, 0.717) is 15.7 Å². The number of hydrogen-bond acceptors (Lipinski definition) is 3. The molecule has 2 amide bonds. The minimum Gasteiger partial charge on any atom is -0.343 e. The summed E-state index contributed by atoms with van der Waals surface area (Å²) in [6.07, 6.45) is 1.66. The lowest BCUT2D eigenvalue weighted by Crippen LogP contribution is -2.48. The minimum absolute atomic E-state index is 0.0682. The van der Waals surface area contributed by atoms with Crippen LogP contribution in [-0.4, -0.2) is 47.8 Å². The van der Waals surface area contributed by atoms with Gasteiger partial charge >= 0.3 is 0 Å². The summed E-state index contributed by atoms with van der Waals surface area (Å²) in [4.78, 5) is 28.9. The van der Waals surface area contributed by atoms with Gasteiger partial charge in [0.25, 0.3) is 0 Å². The molecule has 0 saturated carbocycles. The highest BCUT2D eigenvalue weighted by atomic mass is 35.5. The number of hydrogen-bond donors (Lipinski definition) is 1. The molecule has 2 aromatic rings.